The smallest absolute Gasteiger partial charge is 0.161 e. The van der Waals surface area contributed by atoms with Crippen molar-refractivity contribution in [2.75, 3.05) is 0 Å². The standard InChI is InChI=1S/C17H35O2P/c1-3-4-5-6-7-8-9-10-11-12-13-14-15-16-17(2)20(18)19/h17H,3-16H2,1-2H3/p+1. The van der Waals surface area contributed by atoms with Crippen LogP contribution >= 0.6 is 8.03 Å². The molecule has 2 nitrogen and oxygen atoms in total. The zero-order valence-electron chi connectivity index (χ0n) is 13.8. The van der Waals surface area contributed by atoms with Crippen molar-refractivity contribution in [3.63, 3.8) is 0 Å². The number of hydrogen-bond acceptors (Lipinski definition) is 1. The van der Waals surface area contributed by atoms with Gasteiger partial charge in [0.25, 0.3) is 0 Å². The fourth-order valence-electron chi connectivity index (χ4n) is 2.57. The molecule has 0 spiro atoms. The second-order valence-electron chi connectivity index (χ2n) is 6.18. The van der Waals surface area contributed by atoms with Gasteiger partial charge in [0.05, 0.1) is 0 Å². The van der Waals surface area contributed by atoms with Crippen molar-refractivity contribution in [2.24, 2.45) is 0 Å². The van der Waals surface area contributed by atoms with E-state index in [1.807, 2.05) is 6.92 Å². The van der Waals surface area contributed by atoms with Gasteiger partial charge in [-0.2, -0.15) is 4.89 Å². The van der Waals surface area contributed by atoms with Crippen LogP contribution in [0, 0.1) is 0 Å². The minimum Gasteiger partial charge on any atom is -0.161 e. The summed E-state index contributed by atoms with van der Waals surface area (Å²) in [6.45, 7) is 4.14. The van der Waals surface area contributed by atoms with Crippen molar-refractivity contribution in [2.45, 2.75) is 109 Å². The average Bonchev–Trinajstić information content (AvgIpc) is 2.43. The number of unbranched alkanes of at least 4 members (excludes halogenated alkanes) is 12. The monoisotopic (exact) mass is 303 g/mol. The molecule has 0 aliphatic rings. The molecule has 0 fully saturated rings. The zero-order chi connectivity index (χ0) is 15.1. The Balaban J connectivity index is 3.04. The van der Waals surface area contributed by atoms with Gasteiger partial charge < -0.3 is 0 Å². The largest absolute Gasteiger partial charge is 0.508 e. The van der Waals surface area contributed by atoms with E-state index in [2.05, 4.69) is 6.92 Å². The molecule has 2 atom stereocenters. The van der Waals surface area contributed by atoms with Gasteiger partial charge in [-0.05, 0) is 24.3 Å². The summed E-state index contributed by atoms with van der Waals surface area (Å²) in [5.74, 6) is 0. The maximum atomic E-state index is 10.8. The highest BCUT2D eigenvalue weighted by Crippen LogP contribution is 2.26. The maximum Gasteiger partial charge on any atom is 0.508 e. The third-order valence-corrected chi connectivity index (χ3v) is 5.11. The molecule has 0 saturated carbocycles. The molecule has 0 aliphatic carbocycles. The lowest BCUT2D eigenvalue weighted by Gasteiger charge is -2.03. The number of hydrogen-bond donors (Lipinski definition) is 1. The Hall–Kier alpha value is 0.0600. The summed E-state index contributed by atoms with van der Waals surface area (Å²) in [6, 6.07) is 0. The molecule has 0 aromatic heterocycles. The van der Waals surface area contributed by atoms with Gasteiger partial charge in [-0.1, -0.05) is 84.0 Å². The maximum absolute atomic E-state index is 10.8. The van der Waals surface area contributed by atoms with Crippen molar-refractivity contribution >= 4 is 8.03 Å². The summed E-state index contributed by atoms with van der Waals surface area (Å²) in [4.78, 5) is 8.92. The first-order valence-electron chi connectivity index (χ1n) is 8.83. The molecule has 0 rings (SSSR count). The normalized spacial score (nSPS) is 13.4. The van der Waals surface area contributed by atoms with Crippen LogP contribution in [0.2, 0.25) is 0 Å². The van der Waals surface area contributed by atoms with E-state index in [0.29, 0.717) is 0 Å². The van der Waals surface area contributed by atoms with Gasteiger partial charge in [0.1, 0.15) is 0 Å². The summed E-state index contributed by atoms with van der Waals surface area (Å²) >= 11 is 0. The van der Waals surface area contributed by atoms with Crippen LogP contribution in [-0.4, -0.2) is 10.6 Å². The lowest BCUT2D eigenvalue weighted by atomic mass is 10.0. The van der Waals surface area contributed by atoms with Crippen LogP contribution in [0.3, 0.4) is 0 Å². The minimum atomic E-state index is -1.95. The third-order valence-electron chi connectivity index (χ3n) is 4.10. The molecular weight excluding hydrogens is 267 g/mol. The molecule has 3 heteroatoms. The molecule has 0 aromatic rings. The van der Waals surface area contributed by atoms with Gasteiger partial charge >= 0.3 is 8.03 Å². The van der Waals surface area contributed by atoms with Gasteiger partial charge in [-0.25, -0.2) is 0 Å². The predicted molar refractivity (Wildman–Crippen MR) is 89.6 cm³/mol. The summed E-state index contributed by atoms with van der Waals surface area (Å²) in [5.41, 5.74) is -0.0160. The van der Waals surface area contributed by atoms with Gasteiger partial charge in [0.2, 0.25) is 0 Å². The van der Waals surface area contributed by atoms with E-state index in [1.54, 1.807) is 0 Å². The Morgan fingerprint density at radius 1 is 0.750 bits per heavy atom. The summed E-state index contributed by atoms with van der Waals surface area (Å²) < 4.78 is 10.8. The lowest BCUT2D eigenvalue weighted by molar-refractivity contribution is 0.481. The Morgan fingerprint density at radius 2 is 1.10 bits per heavy atom. The fourth-order valence-corrected chi connectivity index (χ4v) is 2.97. The quantitative estimate of drug-likeness (QED) is 0.273. The predicted octanol–water partition coefficient (Wildman–Crippen LogP) is 6.59. The fraction of sp³-hybridized carbons (Fsp3) is 1.00. The summed E-state index contributed by atoms with van der Waals surface area (Å²) in [6.07, 6.45) is 18.5. The SMILES string of the molecule is CCCCCCCCCCCCCCCC(C)[P+](=O)O. The van der Waals surface area contributed by atoms with E-state index < -0.39 is 8.03 Å². The van der Waals surface area contributed by atoms with E-state index >= 15 is 0 Å². The van der Waals surface area contributed by atoms with E-state index in [1.165, 1.54) is 77.0 Å². The molecule has 0 amide bonds. The second kappa shape index (κ2) is 15.4. The first kappa shape index (κ1) is 20.1. The first-order chi connectivity index (χ1) is 9.68. The Morgan fingerprint density at radius 3 is 1.45 bits per heavy atom. The van der Waals surface area contributed by atoms with Gasteiger partial charge in [0.15, 0.2) is 5.66 Å². The van der Waals surface area contributed by atoms with Crippen LogP contribution in [0.1, 0.15) is 104 Å². The highest BCUT2D eigenvalue weighted by Gasteiger charge is 2.21. The van der Waals surface area contributed by atoms with Crippen LogP contribution < -0.4 is 0 Å². The molecule has 0 heterocycles. The van der Waals surface area contributed by atoms with E-state index in [9.17, 15) is 4.57 Å². The molecule has 20 heavy (non-hydrogen) atoms. The van der Waals surface area contributed by atoms with Crippen molar-refractivity contribution in [3.05, 3.63) is 0 Å². The summed E-state index contributed by atoms with van der Waals surface area (Å²) in [7, 11) is -1.95. The van der Waals surface area contributed by atoms with Crippen LogP contribution in [0.25, 0.3) is 0 Å². The number of rotatable bonds is 15. The molecule has 0 saturated heterocycles. The first-order valence-corrected chi connectivity index (χ1v) is 10.1. The highest BCUT2D eigenvalue weighted by molar-refractivity contribution is 7.38. The van der Waals surface area contributed by atoms with Gasteiger partial charge in [0, 0.05) is 0 Å². The average molecular weight is 303 g/mol. The zero-order valence-corrected chi connectivity index (χ0v) is 14.7. The molecule has 0 aromatic carbocycles. The minimum absolute atomic E-state index is 0.0160. The van der Waals surface area contributed by atoms with E-state index in [-0.39, 0.29) is 5.66 Å². The van der Waals surface area contributed by atoms with Crippen LogP contribution in [0.15, 0.2) is 0 Å². The third kappa shape index (κ3) is 14.5. The Kier molecular flexibility index (Phi) is 15.5. The van der Waals surface area contributed by atoms with Gasteiger partial charge in [-0.15, -0.1) is 0 Å². The molecule has 0 aliphatic heterocycles. The second-order valence-corrected chi connectivity index (χ2v) is 7.67. The summed E-state index contributed by atoms with van der Waals surface area (Å²) in [5, 5.41) is 0. The van der Waals surface area contributed by atoms with Crippen molar-refractivity contribution in [3.8, 4) is 0 Å². The highest BCUT2D eigenvalue weighted by atomic mass is 31.1. The molecule has 0 radical (unpaired) electrons. The topological polar surface area (TPSA) is 37.3 Å². The molecular formula is C17H36O2P+. The van der Waals surface area contributed by atoms with Crippen LogP contribution in [0.5, 0.6) is 0 Å². The molecule has 1 N–H and O–H groups in total. The lowest BCUT2D eigenvalue weighted by Crippen LogP contribution is -1.94. The van der Waals surface area contributed by atoms with Crippen LogP contribution in [0.4, 0.5) is 0 Å². The molecule has 0 bridgehead atoms. The van der Waals surface area contributed by atoms with Crippen molar-refractivity contribution in [1.82, 2.24) is 0 Å². The van der Waals surface area contributed by atoms with E-state index in [0.717, 1.165) is 12.8 Å². The molecule has 2 unspecified atom stereocenters. The Labute approximate surface area is 127 Å². The van der Waals surface area contributed by atoms with Crippen molar-refractivity contribution < 1.29 is 9.46 Å². The van der Waals surface area contributed by atoms with Crippen molar-refractivity contribution in [1.29, 1.82) is 0 Å². The van der Waals surface area contributed by atoms with Gasteiger partial charge in [-0.3, -0.25) is 0 Å². The van der Waals surface area contributed by atoms with Crippen LogP contribution in [-0.2, 0) is 4.57 Å². The molecule has 120 valence electrons. The van der Waals surface area contributed by atoms with E-state index in [4.69, 9.17) is 4.89 Å². The Bertz CT molecular complexity index is 219.